The molecule has 0 aliphatic heterocycles. The predicted octanol–water partition coefficient (Wildman–Crippen LogP) is 2.20. The number of benzene rings is 1. The Morgan fingerprint density at radius 1 is 1.40 bits per heavy atom. The molecule has 15 heavy (non-hydrogen) atoms. The van der Waals surface area contributed by atoms with Crippen molar-refractivity contribution in [2.24, 2.45) is 11.8 Å². The Morgan fingerprint density at radius 3 is 2.73 bits per heavy atom. The Balaban J connectivity index is 1.99. The van der Waals surface area contributed by atoms with Crippen LogP contribution in [0.25, 0.3) is 0 Å². The van der Waals surface area contributed by atoms with E-state index >= 15 is 0 Å². The van der Waals surface area contributed by atoms with Crippen molar-refractivity contribution in [1.82, 2.24) is 5.43 Å². The lowest BCUT2D eigenvalue weighted by molar-refractivity contribution is 0.345. The van der Waals surface area contributed by atoms with Crippen LogP contribution in [0.5, 0.6) is 0 Å². The van der Waals surface area contributed by atoms with Crippen LogP contribution in [0.4, 0.5) is 0 Å². The number of rotatable bonds is 4. The molecular weight excluding hydrogens is 184 g/mol. The first-order chi connectivity index (χ1) is 7.22. The van der Waals surface area contributed by atoms with Crippen LogP contribution in [0.15, 0.2) is 24.3 Å². The molecule has 0 aromatic heterocycles. The Hall–Kier alpha value is -0.860. The van der Waals surface area contributed by atoms with Crippen molar-refractivity contribution >= 4 is 0 Å². The topological polar surface area (TPSA) is 38.0 Å². The van der Waals surface area contributed by atoms with Crippen molar-refractivity contribution < 1.29 is 0 Å². The van der Waals surface area contributed by atoms with Crippen LogP contribution in [0.3, 0.4) is 0 Å². The van der Waals surface area contributed by atoms with Crippen LogP contribution in [-0.4, -0.2) is 6.04 Å². The molecule has 2 atom stereocenters. The summed E-state index contributed by atoms with van der Waals surface area (Å²) >= 11 is 0. The van der Waals surface area contributed by atoms with E-state index in [1.54, 1.807) is 0 Å². The molecule has 0 spiro atoms. The smallest absolute Gasteiger partial charge is 0.0239 e. The number of hydrogen-bond donors (Lipinski definition) is 2. The standard InChI is InChI=1S/C13H20N2/c1-9(2)13(15-14)8-11-7-10-5-3-4-6-12(10)11/h3-6,9,11,13,15H,7-8,14H2,1-2H3. The minimum absolute atomic E-state index is 0.434. The van der Waals surface area contributed by atoms with Crippen LogP contribution in [0.1, 0.15) is 37.3 Å². The maximum absolute atomic E-state index is 5.57. The third-order valence-electron chi connectivity index (χ3n) is 3.52. The van der Waals surface area contributed by atoms with E-state index in [1.807, 2.05) is 0 Å². The van der Waals surface area contributed by atoms with Crippen molar-refractivity contribution in [3.8, 4) is 0 Å². The molecule has 1 aliphatic rings. The molecular formula is C13H20N2. The summed E-state index contributed by atoms with van der Waals surface area (Å²) in [5, 5.41) is 0. The third-order valence-corrected chi connectivity index (χ3v) is 3.52. The fraction of sp³-hybridized carbons (Fsp3) is 0.538. The Labute approximate surface area is 91.8 Å². The van der Waals surface area contributed by atoms with Gasteiger partial charge >= 0.3 is 0 Å². The minimum Gasteiger partial charge on any atom is -0.271 e. The van der Waals surface area contributed by atoms with Gasteiger partial charge in [-0.2, -0.15) is 0 Å². The van der Waals surface area contributed by atoms with E-state index in [1.165, 1.54) is 17.5 Å². The first kappa shape index (κ1) is 10.7. The molecule has 1 aliphatic carbocycles. The molecule has 0 fully saturated rings. The second-order valence-electron chi connectivity index (χ2n) is 4.85. The van der Waals surface area contributed by atoms with Gasteiger partial charge in [0.15, 0.2) is 0 Å². The van der Waals surface area contributed by atoms with Crippen molar-refractivity contribution in [3.63, 3.8) is 0 Å². The molecule has 1 aromatic carbocycles. The predicted molar refractivity (Wildman–Crippen MR) is 63.5 cm³/mol. The minimum atomic E-state index is 0.434. The fourth-order valence-electron chi connectivity index (χ4n) is 2.41. The maximum Gasteiger partial charge on any atom is 0.0239 e. The Bertz CT molecular complexity index is 333. The fourth-order valence-corrected chi connectivity index (χ4v) is 2.41. The van der Waals surface area contributed by atoms with Gasteiger partial charge in [0.2, 0.25) is 0 Å². The third kappa shape index (κ3) is 2.06. The molecule has 3 N–H and O–H groups in total. The summed E-state index contributed by atoms with van der Waals surface area (Å²) in [5.41, 5.74) is 5.97. The average molecular weight is 204 g/mol. The number of hydrazine groups is 1. The van der Waals surface area contributed by atoms with E-state index < -0.39 is 0 Å². The van der Waals surface area contributed by atoms with Crippen LogP contribution in [0, 0.1) is 5.92 Å². The summed E-state index contributed by atoms with van der Waals surface area (Å²) in [5.74, 6) is 6.88. The lowest BCUT2D eigenvalue weighted by atomic mass is 9.73. The van der Waals surface area contributed by atoms with Gasteiger partial charge in [0.25, 0.3) is 0 Å². The highest BCUT2D eigenvalue weighted by Gasteiger charge is 2.28. The quantitative estimate of drug-likeness (QED) is 0.583. The van der Waals surface area contributed by atoms with Crippen LogP contribution >= 0.6 is 0 Å². The Kier molecular flexibility index (Phi) is 3.08. The monoisotopic (exact) mass is 204 g/mol. The van der Waals surface area contributed by atoms with Gasteiger partial charge in [-0.1, -0.05) is 38.1 Å². The van der Waals surface area contributed by atoms with Crippen LogP contribution in [0.2, 0.25) is 0 Å². The summed E-state index contributed by atoms with van der Waals surface area (Å²) in [6.45, 7) is 4.43. The second kappa shape index (κ2) is 4.33. The van der Waals surface area contributed by atoms with Gasteiger partial charge in [-0.15, -0.1) is 0 Å². The van der Waals surface area contributed by atoms with Crippen LogP contribution in [-0.2, 0) is 6.42 Å². The molecule has 82 valence electrons. The van der Waals surface area contributed by atoms with Crippen molar-refractivity contribution in [1.29, 1.82) is 0 Å². The molecule has 2 nitrogen and oxygen atoms in total. The zero-order valence-corrected chi connectivity index (χ0v) is 9.53. The van der Waals surface area contributed by atoms with E-state index in [-0.39, 0.29) is 0 Å². The molecule has 2 unspecified atom stereocenters. The highest BCUT2D eigenvalue weighted by atomic mass is 15.2. The molecule has 0 saturated carbocycles. The van der Waals surface area contributed by atoms with Gasteiger partial charge in [0, 0.05) is 6.04 Å². The zero-order valence-electron chi connectivity index (χ0n) is 9.53. The summed E-state index contributed by atoms with van der Waals surface area (Å²) in [6.07, 6.45) is 2.38. The molecule has 0 saturated heterocycles. The van der Waals surface area contributed by atoms with Crippen molar-refractivity contribution in [2.45, 2.75) is 38.6 Å². The molecule has 2 heteroatoms. The lowest BCUT2D eigenvalue weighted by Gasteiger charge is -2.34. The van der Waals surface area contributed by atoms with Crippen molar-refractivity contribution in [3.05, 3.63) is 35.4 Å². The summed E-state index contributed by atoms with van der Waals surface area (Å²) in [4.78, 5) is 0. The van der Waals surface area contributed by atoms with E-state index in [2.05, 4.69) is 43.5 Å². The molecule has 0 heterocycles. The van der Waals surface area contributed by atoms with E-state index in [0.717, 1.165) is 6.42 Å². The van der Waals surface area contributed by atoms with Gasteiger partial charge in [-0.05, 0) is 35.8 Å². The highest BCUT2D eigenvalue weighted by molar-refractivity contribution is 5.39. The number of fused-ring (bicyclic) bond motifs is 1. The van der Waals surface area contributed by atoms with Gasteiger partial charge in [0.05, 0.1) is 0 Å². The normalized spacial score (nSPS) is 20.9. The van der Waals surface area contributed by atoms with Gasteiger partial charge in [0.1, 0.15) is 0 Å². The summed E-state index contributed by atoms with van der Waals surface area (Å²) in [7, 11) is 0. The first-order valence-electron chi connectivity index (χ1n) is 5.76. The van der Waals surface area contributed by atoms with Gasteiger partial charge in [-0.25, -0.2) is 0 Å². The number of hydrogen-bond acceptors (Lipinski definition) is 2. The lowest BCUT2D eigenvalue weighted by Crippen LogP contribution is -2.41. The molecule has 0 amide bonds. The SMILES string of the molecule is CC(C)C(CC1Cc2ccccc21)NN. The van der Waals surface area contributed by atoms with Gasteiger partial charge < -0.3 is 0 Å². The van der Waals surface area contributed by atoms with Crippen LogP contribution < -0.4 is 11.3 Å². The molecule has 2 rings (SSSR count). The molecule has 0 radical (unpaired) electrons. The zero-order chi connectivity index (χ0) is 10.8. The van der Waals surface area contributed by atoms with Crippen molar-refractivity contribution in [2.75, 3.05) is 0 Å². The highest BCUT2D eigenvalue weighted by Crippen LogP contribution is 2.38. The number of nitrogens with two attached hydrogens (primary N) is 1. The second-order valence-corrected chi connectivity index (χ2v) is 4.85. The first-order valence-corrected chi connectivity index (χ1v) is 5.76. The Morgan fingerprint density at radius 2 is 2.13 bits per heavy atom. The van der Waals surface area contributed by atoms with Gasteiger partial charge in [-0.3, -0.25) is 11.3 Å². The molecule has 1 aromatic rings. The van der Waals surface area contributed by atoms with E-state index in [4.69, 9.17) is 5.84 Å². The summed E-state index contributed by atoms with van der Waals surface area (Å²) in [6, 6.07) is 9.16. The average Bonchev–Trinajstić information content (AvgIpc) is 2.19. The van der Waals surface area contributed by atoms with E-state index in [0.29, 0.717) is 17.9 Å². The molecule has 0 bridgehead atoms. The maximum atomic E-state index is 5.57. The number of nitrogens with one attached hydrogen (secondary N) is 1. The largest absolute Gasteiger partial charge is 0.271 e. The van der Waals surface area contributed by atoms with E-state index in [9.17, 15) is 0 Å². The summed E-state index contributed by atoms with van der Waals surface area (Å²) < 4.78 is 0.